The highest BCUT2D eigenvalue weighted by Crippen LogP contribution is 2.23. The molecule has 0 unspecified atom stereocenters. The van der Waals surface area contributed by atoms with Crippen LogP contribution in [0.5, 0.6) is 0 Å². The molecular weight excluding hydrogens is 300 g/mol. The summed E-state index contributed by atoms with van der Waals surface area (Å²) < 4.78 is 0. The zero-order valence-corrected chi connectivity index (χ0v) is 14.9. The van der Waals surface area contributed by atoms with Crippen LogP contribution < -0.4 is 10.6 Å². The van der Waals surface area contributed by atoms with Crippen molar-refractivity contribution >= 4 is 23.2 Å². The summed E-state index contributed by atoms with van der Waals surface area (Å²) in [6, 6.07) is 12.8. The van der Waals surface area contributed by atoms with E-state index in [2.05, 4.69) is 10.6 Å². The minimum Gasteiger partial charge on any atom is -0.325 e. The predicted octanol–water partition coefficient (Wildman–Crippen LogP) is 4.54. The van der Waals surface area contributed by atoms with Gasteiger partial charge >= 0.3 is 0 Å². The zero-order chi connectivity index (χ0) is 17.9. The van der Waals surface area contributed by atoms with Gasteiger partial charge in [0.15, 0.2) is 0 Å². The van der Waals surface area contributed by atoms with Gasteiger partial charge in [-0.3, -0.25) is 9.59 Å². The van der Waals surface area contributed by atoms with Gasteiger partial charge in [0.25, 0.3) is 5.91 Å². The van der Waals surface area contributed by atoms with Crippen LogP contribution in [0.1, 0.15) is 42.3 Å². The molecular formula is C20H24N2O2. The molecule has 2 N–H and O–H groups in total. The number of carbonyl (C=O) groups is 2. The number of hydrogen-bond acceptors (Lipinski definition) is 2. The van der Waals surface area contributed by atoms with Crippen LogP contribution in [0.3, 0.4) is 0 Å². The fourth-order valence-corrected chi connectivity index (χ4v) is 2.18. The summed E-state index contributed by atoms with van der Waals surface area (Å²) in [7, 11) is 0. The number of benzene rings is 2. The van der Waals surface area contributed by atoms with Gasteiger partial charge in [0, 0.05) is 11.1 Å². The lowest BCUT2D eigenvalue weighted by Gasteiger charge is -2.19. The number of aryl methyl sites for hydroxylation is 1. The minimum absolute atomic E-state index is 0.130. The summed E-state index contributed by atoms with van der Waals surface area (Å²) in [5, 5.41) is 5.77. The van der Waals surface area contributed by atoms with Crippen LogP contribution in [-0.2, 0) is 4.79 Å². The molecule has 2 aromatic rings. The maximum absolute atomic E-state index is 12.7. The number of carbonyl (C=O) groups excluding carboxylic acids is 2. The molecule has 2 aromatic carbocycles. The second-order valence-corrected chi connectivity index (χ2v) is 6.95. The van der Waals surface area contributed by atoms with E-state index in [0.717, 1.165) is 16.8 Å². The highest BCUT2D eigenvalue weighted by Gasteiger charge is 2.23. The molecule has 0 aromatic heterocycles. The molecule has 0 heterocycles. The third kappa shape index (κ3) is 4.02. The Labute approximate surface area is 143 Å². The Morgan fingerprint density at radius 1 is 0.833 bits per heavy atom. The molecule has 0 saturated carbocycles. The third-order valence-electron chi connectivity index (χ3n) is 3.95. The Kier molecular flexibility index (Phi) is 5.07. The van der Waals surface area contributed by atoms with E-state index in [1.807, 2.05) is 52.8 Å². The van der Waals surface area contributed by atoms with Crippen LogP contribution in [0.2, 0.25) is 0 Å². The van der Waals surface area contributed by atoms with Gasteiger partial charge in [-0.05, 0) is 43.2 Å². The standard InChI is InChI=1S/C20H24N2O2/c1-13-9-8-12-16(14(13)2)21-18(23)15-10-6-7-11-17(15)22-19(24)20(3,4)5/h6-12H,1-5H3,(H,21,23)(H,22,24). The molecule has 0 saturated heterocycles. The van der Waals surface area contributed by atoms with Gasteiger partial charge in [-0.1, -0.05) is 45.0 Å². The first kappa shape index (κ1) is 17.7. The first-order chi connectivity index (χ1) is 11.2. The molecule has 4 nitrogen and oxygen atoms in total. The number of para-hydroxylation sites is 1. The van der Waals surface area contributed by atoms with Crippen LogP contribution in [0.4, 0.5) is 11.4 Å². The normalized spacial score (nSPS) is 11.0. The topological polar surface area (TPSA) is 58.2 Å². The van der Waals surface area contributed by atoms with E-state index in [4.69, 9.17) is 0 Å². The highest BCUT2D eigenvalue weighted by atomic mass is 16.2. The Morgan fingerprint density at radius 2 is 1.46 bits per heavy atom. The summed E-state index contributed by atoms with van der Waals surface area (Å²) in [4.78, 5) is 24.9. The molecule has 24 heavy (non-hydrogen) atoms. The Bertz CT molecular complexity index is 773. The predicted molar refractivity (Wildman–Crippen MR) is 98.4 cm³/mol. The van der Waals surface area contributed by atoms with Gasteiger partial charge < -0.3 is 10.6 Å². The van der Waals surface area contributed by atoms with E-state index in [1.165, 1.54) is 0 Å². The number of anilines is 2. The molecule has 0 spiro atoms. The lowest BCUT2D eigenvalue weighted by atomic mass is 9.95. The number of hydrogen-bond donors (Lipinski definition) is 2. The second-order valence-electron chi connectivity index (χ2n) is 6.95. The first-order valence-corrected chi connectivity index (χ1v) is 7.98. The molecule has 0 aliphatic heterocycles. The van der Waals surface area contributed by atoms with Gasteiger partial charge in [0.05, 0.1) is 11.3 Å². The van der Waals surface area contributed by atoms with E-state index in [9.17, 15) is 9.59 Å². The molecule has 0 fully saturated rings. The molecule has 126 valence electrons. The lowest BCUT2D eigenvalue weighted by Crippen LogP contribution is -2.28. The van der Waals surface area contributed by atoms with Crippen LogP contribution in [-0.4, -0.2) is 11.8 Å². The zero-order valence-electron chi connectivity index (χ0n) is 14.9. The second kappa shape index (κ2) is 6.87. The molecule has 0 radical (unpaired) electrons. The monoisotopic (exact) mass is 324 g/mol. The van der Waals surface area contributed by atoms with Gasteiger partial charge in [0.2, 0.25) is 5.91 Å². The highest BCUT2D eigenvalue weighted by molar-refractivity contribution is 6.10. The fraction of sp³-hybridized carbons (Fsp3) is 0.300. The van der Waals surface area contributed by atoms with Gasteiger partial charge in [-0.25, -0.2) is 0 Å². The van der Waals surface area contributed by atoms with Crippen LogP contribution in [0, 0.1) is 19.3 Å². The maximum Gasteiger partial charge on any atom is 0.257 e. The molecule has 4 heteroatoms. The van der Waals surface area contributed by atoms with Crippen molar-refractivity contribution in [1.29, 1.82) is 0 Å². The fourth-order valence-electron chi connectivity index (χ4n) is 2.18. The quantitative estimate of drug-likeness (QED) is 0.871. The molecule has 0 atom stereocenters. The Hall–Kier alpha value is -2.62. The van der Waals surface area contributed by atoms with E-state index in [1.54, 1.807) is 24.3 Å². The van der Waals surface area contributed by atoms with E-state index < -0.39 is 5.41 Å². The third-order valence-corrected chi connectivity index (χ3v) is 3.95. The molecule has 0 aliphatic carbocycles. The van der Waals surface area contributed by atoms with E-state index >= 15 is 0 Å². The summed E-state index contributed by atoms with van der Waals surface area (Å²) in [5.41, 5.74) is 3.34. The summed E-state index contributed by atoms with van der Waals surface area (Å²) in [6.07, 6.45) is 0. The maximum atomic E-state index is 12.7. The van der Waals surface area contributed by atoms with Crippen molar-refractivity contribution < 1.29 is 9.59 Å². The summed E-state index contributed by atoms with van der Waals surface area (Å²) >= 11 is 0. The average Bonchev–Trinajstić information content (AvgIpc) is 2.51. The van der Waals surface area contributed by atoms with Crippen molar-refractivity contribution in [2.75, 3.05) is 10.6 Å². The van der Waals surface area contributed by atoms with Crippen molar-refractivity contribution in [3.63, 3.8) is 0 Å². The SMILES string of the molecule is Cc1cccc(NC(=O)c2ccccc2NC(=O)C(C)(C)C)c1C. The largest absolute Gasteiger partial charge is 0.325 e. The lowest BCUT2D eigenvalue weighted by molar-refractivity contribution is -0.123. The van der Waals surface area contributed by atoms with Gasteiger partial charge in [0.1, 0.15) is 0 Å². The van der Waals surface area contributed by atoms with E-state index in [0.29, 0.717) is 11.3 Å². The van der Waals surface area contributed by atoms with Crippen LogP contribution in [0.25, 0.3) is 0 Å². The first-order valence-electron chi connectivity index (χ1n) is 7.98. The molecule has 0 bridgehead atoms. The number of nitrogens with one attached hydrogen (secondary N) is 2. The van der Waals surface area contributed by atoms with Crippen molar-refractivity contribution in [1.82, 2.24) is 0 Å². The molecule has 0 aliphatic rings. The molecule has 2 amide bonds. The number of amides is 2. The van der Waals surface area contributed by atoms with E-state index in [-0.39, 0.29) is 11.8 Å². The Morgan fingerprint density at radius 3 is 2.12 bits per heavy atom. The van der Waals surface area contributed by atoms with Crippen LogP contribution in [0.15, 0.2) is 42.5 Å². The van der Waals surface area contributed by atoms with Gasteiger partial charge in [-0.2, -0.15) is 0 Å². The number of rotatable bonds is 3. The average molecular weight is 324 g/mol. The van der Waals surface area contributed by atoms with Gasteiger partial charge in [-0.15, -0.1) is 0 Å². The Balaban J connectivity index is 2.27. The van der Waals surface area contributed by atoms with Crippen molar-refractivity contribution in [2.24, 2.45) is 5.41 Å². The summed E-state index contributed by atoms with van der Waals surface area (Å²) in [5.74, 6) is -0.372. The van der Waals surface area contributed by atoms with Crippen molar-refractivity contribution in [2.45, 2.75) is 34.6 Å². The van der Waals surface area contributed by atoms with Crippen molar-refractivity contribution in [3.05, 3.63) is 59.2 Å². The molecule has 2 rings (SSSR count). The summed E-state index contributed by atoms with van der Waals surface area (Å²) in [6.45, 7) is 9.48. The smallest absolute Gasteiger partial charge is 0.257 e. The minimum atomic E-state index is -0.531. The van der Waals surface area contributed by atoms with Crippen LogP contribution >= 0.6 is 0 Å². The van der Waals surface area contributed by atoms with Crippen molar-refractivity contribution in [3.8, 4) is 0 Å².